The van der Waals surface area contributed by atoms with Gasteiger partial charge in [0.05, 0.1) is 12.6 Å². The van der Waals surface area contributed by atoms with Gasteiger partial charge in [0.1, 0.15) is 12.4 Å². The SMILES string of the molecule is Nc1ncccc1C1COCC(=O)N1. The maximum Gasteiger partial charge on any atom is 0.246 e. The molecule has 1 atom stereocenters. The number of anilines is 1. The number of carbonyl (C=O) groups excluding carboxylic acids is 1. The minimum atomic E-state index is -0.176. The molecule has 0 aromatic carbocycles. The number of hydrogen-bond donors (Lipinski definition) is 2. The van der Waals surface area contributed by atoms with E-state index in [2.05, 4.69) is 10.3 Å². The molecule has 14 heavy (non-hydrogen) atoms. The third kappa shape index (κ3) is 1.67. The van der Waals surface area contributed by atoms with Gasteiger partial charge in [0, 0.05) is 11.8 Å². The summed E-state index contributed by atoms with van der Waals surface area (Å²) in [6, 6.07) is 3.44. The van der Waals surface area contributed by atoms with Crippen molar-refractivity contribution >= 4 is 11.7 Å². The van der Waals surface area contributed by atoms with Crippen LogP contribution in [0.25, 0.3) is 0 Å². The highest BCUT2D eigenvalue weighted by Gasteiger charge is 2.21. The number of nitrogens with one attached hydrogen (secondary N) is 1. The monoisotopic (exact) mass is 193 g/mol. The number of hydrogen-bond acceptors (Lipinski definition) is 4. The van der Waals surface area contributed by atoms with Crippen molar-refractivity contribution in [1.29, 1.82) is 0 Å². The topological polar surface area (TPSA) is 77.2 Å². The third-order valence-electron chi connectivity index (χ3n) is 2.10. The quantitative estimate of drug-likeness (QED) is 0.650. The van der Waals surface area contributed by atoms with Gasteiger partial charge in [-0.2, -0.15) is 0 Å². The predicted molar refractivity (Wildman–Crippen MR) is 50.4 cm³/mol. The number of amides is 1. The molecule has 2 heterocycles. The average molecular weight is 193 g/mol. The molecule has 1 aliphatic heterocycles. The van der Waals surface area contributed by atoms with Crippen LogP contribution < -0.4 is 11.1 Å². The van der Waals surface area contributed by atoms with Crippen LogP contribution in [0.2, 0.25) is 0 Å². The summed E-state index contributed by atoms with van der Waals surface area (Å²) in [5.41, 5.74) is 6.48. The molecule has 0 aliphatic carbocycles. The van der Waals surface area contributed by atoms with Gasteiger partial charge in [0.2, 0.25) is 5.91 Å². The van der Waals surface area contributed by atoms with Gasteiger partial charge in [-0.1, -0.05) is 6.07 Å². The van der Waals surface area contributed by atoms with Crippen LogP contribution >= 0.6 is 0 Å². The second-order valence-corrected chi connectivity index (χ2v) is 3.11. The fourth-order valence-electron chi connectivity index (χ4n) is 1.44. The van der Waals surface area contributed by atoms with Crippen molar-refractivity contribution in [2.75, 3.05) is 18.9 Å². The van der Waals surface area contributed by atoms with Crippen LogP contribution in [0.3, 0.4) is 0 Å². The maximum absolute atomic E-state index is 11.1. The summed E-state index contributed by atoms with van der Waals surface area (Å²) in [5.74, 6) is 0.313. The first-order chi connectivity index (χ1) is 6.77. The molecule has 1 unspecified atom stereocenters. The average Bonchev–Trinajstić information content (AvgIpc) is 2.18. The standard InChI is InChI=1S/C9H11N3O2/c10-9-6(2-1-3-11-9)7-4-14-5-8(13)12-7/h1-3,7H,4-5H2,(H2,10,11)(H,12,13). The highest BCUT2D eigenvalue weighted by Crippen LogP contribution is 2.19. The zero-order valence-corrected chi connectivity index (χ0v) is 7.56. The van der Waals surface area contributed by atoms with E-state index in [0.29, 0.717) is 12.4 Å². The Morgan fingerprint density at radius 2 is 2.50 bits per heavy atom. The van der Waals surface area contributed by atoms with E-state index >= 15 is 0 Å². The maximum atomic E-state index is 11.1. The van der Waals surface area contributed by atoms with Crippen LogP contribution in [0.15, 0.2) is 18.3 Å². The van der Waals surface area contributed by atoms with Crippen molar-refractivity contribution in [3.05, 3.63) is 23.9 Å². The van der Waals surface area contributed by atoms with Crippen molar-refractivity contribution in [2.24, 2.45) is 0 Å². The Balaban J connectivity index is 2.22. The molecule has 0 bridgehead atoms. The molecule has 5 nitrogen and oxygen atoms in total. The molecular formula is C9H11N3O2. The molecule has 0 saturated carbocycles. The Kier molecular flexibility index (Phi) is 2.32. The zero-order chi connectivity index (χ0) is 9.97. The largest absolute Gasteiger partial charge is 0.383 e. The second-order valence-electron chi connectivity index (χ2n) is 3.11. The first-order valence-corrected chi connectivity index (χ1v) is 4.35. The lowest BCUT2D eigenvalue weighted by atomic mass is 10.1. The first-order valence-electron chi connectivity index (χ1n) is 4.35. The van der Waals surface area contributed by atoms with Crippen LogP contribution in [0.1, 0.15) is 11.6 Å². The smallest absolute Gasteiger partial charge is 0.246 e. The minimum absolute atomic E-state index is 0.121. The van der Waals surface area contributed by atoms with Crippen molar-refractivity contribution in [1.82, 2.24) is 10.3 Å². The van der Waals surface area contributed by atoms with Crippen LogP contribution in [0, 0.1) is 0 Å². The van der Waals surface area contributed by atoms with Gasteiger partial charge in [-0.3, -0.25) is 4.79 Å². The van der Waals surface area contributed by atoms with Gasteiger partial charge in [-0.15, -0.1) is 0 Å². The first kappa shape index (κ1) is 8.96. The van der Waals surface area contributed by atoms with E-state index in [9.17, 15) is 4.79 Å². The Bertz CT molecular complexity index is 354. The van der Waals surface area contributed by atoms with E-state index < -0.39 is 0 Å². The summed E-state index contributed by atoms with van der Waals surface area (Å²) in [5, 5.41) is 2.79. The summed E-state index contributed by atoms with van der Waals surface area (Å²) in [6.45, 7) is 0.568. The molecule has 5 heteroatoms. The molecule has 0 radical (unpaired) electrons. The molecule has 1 aromatic rings. The lowest BCUT2D eigenvalue weighted by molar-refractivity contribution is -0.131. The van der Waals surface area contributed by atoms with Crippen LogP contribution in [0.5, 0.6) is 0 Å². The number of rotatable bonds is 1. The number of aromatic nitrogens is 1. The number of morpholine rings is 1. The Labute approximate surface area is 81.3 Å². The normalized spacial score (nSPS) is 21.7. The summed E-state index contributed by atoms with van der Waals surface area (Å²) in [6.07, 6.45) is 1.62. The third-order valence-corrected chi connectivity index (χ3v) is 2.10. The Morgan fingerprint density at radius 3 is 3.21 bits per heavy atom. The van der Waals surface area contributed by atoms with Crippen LogP contribution in [-0.4, -0.2) is 24.1 Å². The van der Waals surface area contributed by atoms with E-state index in [1.54, 1.807) is 12.3 Å². The molecule has 0 spiro atoms. The fraction of sp³-hybridized carbons (Fsp3) is 0.333. The number of nitrogens with zero attached hydrogens (tertiary/aromatic N) is 1. The number of nitrogens with two attached hydrogens (primary N) is 1. The molecule has 1 aliphatic rings. The number of pyridine rings is 1. The van der Waals surface area contributed by atoms with Gasteiger partial charge in [0.25, 0.3) is 0 Å². The van der Waals surface area contributed by atoms with Gasteiger partial charge in [-0.05, 0) is 6.07 Å². The zero-order valence-electron chi connectivity index (χ0n) is 7.56. The number of ether oxygens (including phenoxy) is 1. The lowest BCUT2D eigenvalue weighted by Crippen LogP contribution is -2.40. The van der Waals surface area contributed by atoms with Crippen LogP contribution in [-0.2, 0) is 9.53 Å². The van der Waals surface area contributed by atoms with Gasteiger partial charge in [-0.25, -0.2) is 4.98 Å². The highest BCUT2D eigenvalue weighted by molar-refractivity contribution is 5.78. The lowest BCUT2D eigenvalue weighted by Gasteiger charge is -2.24. The Morgan fingerprint density at radius 1 is 1.64 bits per heavy atom. The molecule has 1 aromatic heterocycles. The second kappa shape index (κ2) is 3.63. The molecule has 1 fully saturated rings. The predicted octanol–water partition coefficient (Wildman–Crippen LogP) is -0.149. The van der Waals surface area contributed by atoms with E-state index in [1.165, 1.54) is 0 Å². The van der Waals surface area contributed by atoms with Gasteiger partial charge < -0.3 is 15.8 Å². The molecule has 2 rings (SSSR count). The van der Waals surface area contributed by atoms with Crippen LogP contribution in [0.4, 0.5) is 5.82 Å². The van der Waals surface area contributed by atoms with E-state index in [-0.39, 0.29) is 18.6 Å². The van der Waals surface area contributed by atoms with Crippen molar-refractivity contribution in [3.63, 3.8) is 0 Å². The Hall–Kier alpha value is -1.62. The summed E-state index contributed by atoms with van der Waals surface area (Å²) in [7, 11) is 0. The summed E-state index contributed by atoms with van der Waals surface area (Å²) < 4.78 is 5.11. The van der Waals surface area contributed by atoms with Crippen molar-refractivity contribution in [3.8, 4) is 0 Å². The molecule has 3 N–H and O–H groups in total. The summed E-state index contributed by atoms with van der Waals surface area (Å²) in [4.78, 5) is 15.0. The molecule has 1 amide bonds. The number of nitrogen functional groups attached to an aromatic ring is 1. The number of carbonyl (C=O) groups is 1. The van der Waals surface area contributed by atoms with Gasteiger partial charge in [0.15, 0.2) is 0 Å². The molecule has 74 valence electrons. The highest BCUT2D eigenvalue weighted by atomic mass is 16.5. The van der Waals surface area contributed by atoms with E-state index in [1.807, 2.05) is 6.07 Å². The molecule has 1 saturated heterocycles. The van der Waals surface area contributed by atoms with E-state index in [4.69, 9.17) is 10.5 Å². The van der Waals surface area contributed by atoms with Gasteiger partial charge >= 0.3 is 0 Å². The van der Waals surface area contributed by atoms with Crippen molar-refractivity contribution < 1.29 is 9.53 Å². The molecular weight excluding hydrogens is 182 g/mol. The van der Waals surface area contributed by atoms with E-state index in [0.717, 1.165) is 5.56 Å². The summed E-state index contributed by atoms with van der Waals surface area (Å²) >= 11 is 0. The fourth-order valence-corrected chi connectivity index (χ4v) is 1.44. The van der Waals surface area contributed by atoms with Crippen molar-refractivity contribution in [2.45, 2.75) is 6.04 Å². The minimum Gasteiger partial charge on any atom is -0.383 e.